The molecule has 0 bridgehead atoms. The third kappa shape index (κ3) is 3.71. The summed E-state index contributed by atoms with van der Waals surface area (Å²) in [5.41, 5.74) is 0.125. The summed E-state index contributed by atoms with van der Waals surface area (Å²) in [6.07, 6.45) is -6.41. The number of hydrogen-bond acceptors (Lipinski definition) is 10. The van der Waals surface area contributed by atoms with Gasteiger partial charge in [0, 0.05) is 0 Å². The van der Waals surface area contributed by atoms with Crippen molar-refractivity contribution in [3.05, 3.63) is 52.9 Å². The smallest absolute Gasteiger partial charge is 0.229 e. The number of phenols is 2. The van der Waals surface area contributed by atoms with E-state index in [0.717, 1.165) is 6.26 Å². The molecular weight excluding hydrogens is 412 g/mol. The van der Waals surface area contributed by atoms with Crippen molar-refractivity contribution in [3.8, 4) is 28.4 Å². The first-order chi connectivity index (χ1) is 14.8. The van der Waals surface area contributed by atoms with Gasteiger partial charge in [-0.15, -0.1) is 0 Å². The van der Waals surface area contributed by atoms with E-state index in [1.54, 1.807) is 12.1 Å². The molecule has 1 aliphatic rings. The van der Waals surface area contributed by atoms with E-state index in [0.29, 0.717) is 5.56 Å². The van der Waals surface area contributed by atoms with Crippen LogP contribution in [0.5, 0.6) is 17.2 Å². The Kier molecular flexibility index (Phi) is 5.56. The summed E-state index contributed by atoms with van der Waals surface area (Å²) in [5, 5.41) is 59.1. The molecule has 1 saturated heterocycles. The zero-order valence-electron chi connectivity index (χ0n) is 16.0. The second kappa shape index (κ2) is 8.17. The van der Waals surface area contributed by atoms with E-state index in [-0.39, 0.29) is 28.0 Å². The number of aromatic hydroxyl groups is 2. The predicted molar refractivity (Wildman–Crippen MR) is 106 cm³/mol. The van der Waals surface area contributed by atoms with Crippen LogP contribution in [-0.2, 0) is 4.74 Å². The molecule has 31 heavy (non-hydrogen) atoms. The number of hydrogen-bond donors (Lipinski definition) is 6. The highest BCUT2D eigenvalue weighted by molar-refractivity contribution is 5.87. The second-order valence-electron chi connectivity index (χ2n) is 7.13. The van der Waals surface area contributed by atoms with Gasteiger partial charge < -0.3 is 44.5 Å². The minimum Gasteiger partial charge on any atom is -0.508 e. The molecule has 1 fully saturated rings. The summed E-state index contributed by atoms with van der Waals surface area (Å²) in [4.78, 5) is 12.9. The molecule has 2 aromatic carbocycles. The fourth-order valence-electron chi connectivity index (χ4n) is 3.39. The van der Waals surface area contributed by atoms with E-state index < -0.39 is 48.5 Å². The Labute approximate surface area is 174 Å². The summed E-state index contributed by atoms with van der Waals surface area (Å²) in [6.45, 7) is -0.635. The molecule has 0 amide bonds. The van der Waals surface area contributed by atoms with E-state index in [9.17, 15) is 35.4 Å². The molecule has 6 N–H and O–H groups in total. The van der Waals surface area contributed by atoms with Gasteiger partial charge in [-0.2, -0.15) is 0 Å². The lowest BCUT2D eigenvalue weighted by atomic mass is 9.99. The monoisotopic (exact) mass is 432 g/mol. The van der Waals surface area contributed by atoms with E-state index in [4.69, 9.17) is 13.9 Å². The highest BCUT2D eigenvalue weighted by atomic mass is 16.7. The second-order valence-corrected chi connectivity index (χ2v) is 7.13. The van der Waals surface area contributed by atoms with Crippen molar-refractivity contribution in [1.82, 2.24) is 0 Å². The molecule has 3 aromatic rings. The van der Waals surface area contributed by atoms with Crippen LogP contribution in [0.1, 0.15) is 0 Å². The fraction of sp³-hybridized carbons (Fsp3) is 0.286. The highest BCUT2D eigenvalue weighted by Crippen LogP contribution is 2.36. The molecule has 4 rings (SSSR count). The zero-order chi connectivity index (χ0) is 22.3. The Bertz CT molecular complexity index is 1140. The molecule has 5 unspecified atom stereocenters. The number of phenolic OH excluding ortho intramolecular Hbond substituents is 2. The van der Waals surface area contributed by atoms with Crippen LogP contribution in [0.3, 0.4) is 0 Å². The van der Waals surface area contributed by atoms with Crippen LogP contribution in [0, 0.1) is 0 Å². The Balaban J connectivity index is 1.68. The van der Waals surface area contributed by atoms with Gasteiger partial charge in [-0.3, -0.25) is 4.79 Å². The summed E-state index contributed by atoms with van der Waals surface area (Å²) in [7, 11) is 0. The van der Waals surface area contributed by atoms with Crippen molar-refractivity contribution in [2.45, 2.75) is 30.7 Å². The van der Waals surface area contributed by atoms with Crippen LogP contribution in [-0.4, -0.2) is 68.0 Å². The quantitative estimate of drug-likeness (QED) is 0.331. The van der Waals surface area contributed by atoms with Crippen molar-refractivity contribution in [1.29, 1.82) is 0 Å². The number of aliphatic hydroxyl groups is 4. The Morgan fingerprint density at radius 2 is 1.65 bits per heavy atom. The lowest BCUT2D eigenvalue weighted by molar-refractivity contribution is -0.277. The summed E-state index contributed by atoms with van der Waals surface area (Å²) < 4.78 is 16.1. The molecule has 1 aromatic heterocycles. The van der Waals surface area contributed by atoms with Crippen LogP contribution < -0.4 is 10.2 Å². The maximum Gasteiger partial charge on any atom is 0.229 e. The van der Waals surface area contributed by atoms with Gasteiger partial charge in [-0.05, 0) is 29.8 Å². The zero-order valence-corrected chi connectivity index (χ0v) is 16.0. The van der Waals surface area contributed by atoms with E-state index in [2.05, 4.69) is 0 Å². The molecule has 1 aliphatic heterocycles. The Morgan fingerprint density at radius 3 is 2.32 bits per heavy atom. The summed E-state index contributed by atoms with van der Waals surface area (Å²) in [5.74, 6) is -0.706. The topological polar surface area (TPSA) is 170 Å². The molecule has 164 valence electrons. The maximum atomic E-state index is 12.9. The van der Waals surface area contributed by atoms with Gasteiger partial charge in [0.15, 0.2) is 11.3 Å². The normalized spacial score (nSPS) is 26.1. The third-order valence-corrected chi connectivity index (χ3v) is 5.15. The largest absolute Gasteiger partial charge is 0.508 e. The molecule has 10 nitrogen and oxygen atoms in total. The fourth-order valence-corrected chi connectivity index (χ4v) is 3.39. The first-order valence-electron chi connectivity index (χ1n) is 9.36. The Morgan fingerprint density at radius 1 is 0.935 bits per heavy atom. The minimum atomic E-state index is -1.67. The Hall–Kier alpha value is -3.15. The lowest BCUT2D eigenvalue weighted by Crippen LogP contribution is -2.60. The number of fused-ring (bicyclic) bond motifs is 1. The van der Waals surface area contributed by atoms with Crippen molar-refractivity contribution in [3.63, 3.8) is 0 Å². The van der Waals surface area contributed by atoms with Crippen molar-refractivity contribution >= 4 is 11.0 Å². The molecule has 0 aliphatic carbocycles. The van der Waals surface area contributed by atoms with Gasteiger partial charge in [0.25, 0.3) is 0 Å². The number of rotatable bonds is 4. The van der Waals surface area contributed by atoms with Crippen LogP contribution in [0.15, 0.2) is 51.9 Å². The molecule has 10 heteroatoms. The average molecular weight is 432 g/mol. The van der Waals surface area contributed by atoms with Gasteiger partial charge in [0.1, 0.15) is 36.4 Å². The third-order valence-electron chi connectivity index (χ3n) is 5.15. The molecule has 0 spiro atoms. The van der Waals surface area contributed by atoms with Gasteiger partial charge >= 0.3 is 0 Å². The van der Waals surface area contributed by atoms with Crippen molar-refractivity contribution < 1.29 is 44.5 Å². The minimum absolute atomic E-state index is 0.0431. The average Bonchev–Trinajstić information content (AvgIpc) is 2.77. The number of benzene rings is 2. The SMILES string of the molecule is O=c1c(-c2ccc(O)cc2)coc2c(O)c(OC3OC(CO)C(O)C(O)C3O)ccc12. The van der Waals surface area contributed by atoms with Crippen LogP contribution in [0.4, 0.5) is 0 Å². The molecule has 2 heterocycles. The summed E-state index contributed by atoms with van der Waals surface area (Å²) >= 11 is 0. The van der Waals surface area contributed by atoms with Crippen molar-refractivity contribution in [2.24, 2.45) is 0 Å². The van der Waals surface area contributed by atoms with Crippen LogP contribution in [0.25, 0.3) is 22.1 Å². The maximum absolute atomic E-state index is 12.9. The molecule has 0 radical (unpaired) electrons. The van der Waals surface area contributed by atoms with Gasteiger partial charge in [0.2, 0.25) is 17.5 Å². The molecule has 5 atom stereocenters. The lowest BCUT2D eigenvalue weighted by Gasteiger charge is -2.39. The van der Waals surface area contributed by atoms with Crippen LogP contribution in [0.2, 0.25) is 0 Å². The van der Waals surface area contributed by atoms with Crippen LogP contribution >= 0.6 is 0 Å². The number of ether oxygens (including phenoxy) is 2. The van der Waals surface area contributed by atoms with E-state index in [1.807, 2.05) is 0 Å². The van der Waals surface area contributed by atoms with E-state index in [1.165, 1.54) is 24.3 Å². The first-order valence-corrected chi connectivity index (χ1v) is 9.36. The number of aliphatic hydroxyl groups excluding tert-OH is 4. The standard InChI is InChI=1S/C21H20O10/c22-7-14-16(25)18(27)19(28)21(31-14)30-13-6-5-11-15(24)12(8-29-20(11)17(13)26)9-1-3-10(23)4-2-9/h1-6,8,14,16,18-19,21-23,25-28H,7H2. The molecular formula is C21H20O10. The van der Waals surface area contributed by atoms with Crippen molar-refractivity contribution in [2.75, 3.05) is 6.61 Å². The summed E-state index contributed by atoms with van der Waals surface area (Å²) in [6, 6.07) is 8.55. The first kappa shape index (κ1) is 21.1. The highest BCUT2D eigenvalue weighted by Gasteiger charge is 2.45. The van der Waals surface area contributed by atoms with Gasteiger partial charge in [-0.25, -0.2) is 0 Å². The van der Waals surface area contributed by atoms with Gasteiger partial charge in [-0.1, -0.05) is 12.1 Å². The molecule has 0 saturated carbocycles. The van der Waals surface area contributed by atoms with E-state index >= 15 is 0 Å². The van der Waals surface area contributed by atoms with Gasteiger partial charge in [0.05, 0.1) is 17.6 Å². The predicted octanol–water partition coefficient (Wildman–Crippen LogP) is 0.0499.